The Bertz CT molecular complexity index is 521. The zero-order valence-corrected chi connectivity index (χ0v) is 15.0. The maximum absolute atomic E-state index is 14.1. The molecule has 2 atom stereocenters. The van der Waals surface area contributed by atoms with Crippen LogP contribution in [0.4, 0.5) is 10.1 Å². The van der Waals surface area contributed by atoms with E-state index < -0.39 is 5.54 Å². The fourth-order valence-corrected chi connectivity index (χ4v) is 3.73. The number of hydrogen-bond acceptors (Lipinski definition) is 4. The van der Waals surface area contributed by atoms with E-state index >= 15 is 0 Å². The van der Waals surface area contributed by atoms with Gasteiger partial charge in [0.1, 0.15) is 11.4 Å². The van der Waals surface area contributed by atoms with Crippen LogP contribution in [0.25, 0.3) is 0 Å². The normalized spacial score (nSPS) is 25.9. The molecule has 2 aliphatic heterocycles. The topological polar surface area (TPSA) is 47.6 Å². The number of benzene rings is 1. The molecule has 2 N–H and O–H groups in total. The Morgan fingerprint density at radius 3 is 2.68 bits per heavy atom. The Morgan fingerprint density at radius 2 is 2.00 bits per heavy atom. The molecular formula is C17H27FN2OS. The second kappa shape index (κ2) is 8.53. The molecule has 0 aromatic heterocycles. The lowest BCUT2D eigenvalue weighted by molar-refractivity contribution is 0.176. The number of ether oxygens (including phenoxy) is 1. The second-order valence-corrected chi connectivity index (χ2v) is 6.03. The van der Waals surface area contributed by atoms with E-state index in [-0.39, 0.29) is 11.7 Å². The predicted molar refractivity (Wildman–Crippen MR) is 95.1 cm³/mol. The minimum absolute atomic E-state index is 0.225. The van der Waals surface area contributed by atoms with Crippen molar-refractivity contribution in [3.63, 3.8) is 0 Å². The molecule has 0 radical (unpaired) electrons. The first-order valence-electron chi connectivity index (χ1n) is 7.94. The number of fused-ring (bicyclic) bond motifs is 1. The SMILES string of the molecule is CC.CC.CC1=NC2(c3cc(N)ccc3F)COCC2CS1. The summed E-state index contributed by atoms with van der Waals surface area (Å²) < 4.78 is 19.7. The van der Waals surface area contributed by atoms with Crippen molar-refractivity contribution in [2.45, 2.75) is 40.2 Å². The highest BCUT2D eigenvalue weighted by Crippen LogP contribution is 2.45. The lowest BCUT2D eigenvalue weighted by atomic mass is 9.81. The van der Waals surface area contributed by atoms with Gasteiger partial charge in [-0.3, -0.25) is 4.99 Å². The van der Waals surface area contributed by atoms with Crippen LogP contribution in [0.1, 0.15) is 40.2 Å². The van der Waals surface area contributed by atoms with Crippen molar-refractivity contribution in [3.05, 3.63) is 29.6 Å². The van der Waals surface area contributed by atoms with E-state index in [9.17, 15) is 4.39 Å². The molecule has 22 heavy (non-hydrogen) atoms. The van der Waals surface area contributed by atoms with Crippen LogP contribution in [0.15, 0.2) is 23.2 Å². The van der Waals surface area contributed by atoms with E-state index in [1.807, 2.05) is 34.6 Å². The Labute approximate surface area is 137 Å². The molecule has 0 saturated carbocycles. The van der Waals surface area contributed by atoms with Gasteiger partial charge in [-0.25, -0.2) is 4.39 Å². The van der Waals surface area contributed by atoms with E-state index in [1.165, 1.54) is 6.07 Å². The summed E-state index contributed by atoms with van der Waals surface area (Å²) in [5.74, 6) is 0.898. The van der Waals surface area contributed by atoms with Crippen molar-refractivity contribution in [2.75, 3.05) is 24.7 Å². The molecule has 2 heterocycles. The zero-order chi connectivity index (χ0) is 16.8. The average Bonchev–Trinajstić information content (AvgIpc) is 2.97. The quantitative estimate of drug-likeness (QED) is 0.775. The van der Waals surface area contributed by atoms with Crippen LogP contribution in [0.3, 0.4) is 0 Å². The Morgan fingerprint density at radius 1 is 1.32 bits per heavy atom. The number of rotatable bonds is 1. The van der Waals surface area contributed by atoms with Gasteiger partial charge in [0.05, 0.1) is 18.3 Å². The first kappa shape index (κ1) is 19.0. The molecule has 0 spiro atoms. The van der Waals surface area contributed by atoms with Gasteiger partial charge in [-0.1, -0.05) is 27.7 Å². The van der Waals surface area contributed by atoms with E-state index in [1.54, 1.807) is 23.9 Å². The number of nitrogen functional groups attached to an aromatic ring is 1. The fraction of sp³-hybridized carbons (Fsp3) is 0.588. The van der Waals surface area contributed by atoms with Gasteiger partial charge in [-0.05, 0) is 25.1 Å². The minimum atomic E-state index is -0.575. The monoisotopic (exact) mass is 326 g/mol. The number of nitrogens with zero attached hydrogens (tertiary/aromatic N) is 1. The van der Waals surface area contributed by atoms with Crippen molar-refractivity contribution in [1.29, 1.82) is 0 Å². The van der Waals surface area contributed by atoms with Gasteiger partial charge >= 0.3 is 0 Å². The molecule has 0 amide bonds. The Balaban J connectivity index is 0.000000561. The van der Waals surface area contributed by atoms with Gasteiger partial charge in [-0.15, -0.1) is 11.8 Å². The highest BCUT2D eigenvalue weighted by atomic mass is 32.2. The summed E-state index contributed by atoms with van der Waals surface area (Å²) in [5, 5.41) is 0.985. The van der Waals surface area contributed by atoms with Gasteiger partial charge in [0.25, 0.3) is 0 Å². The second-order valence-electron chi connectivity index (χ2n) is 4.82. The summed E-state index contributed by atoms with van der Waals surface area (Å²) in [7, 11) is 0. The van der Waals surface area contributed by atoms with E-state index in [0.717, 1.165) is 10.8 Å². The molecule has 1 saturated heterocycles. The van der Waals surface area contributed by atoms with Crippen LogP contribution in [0.5, 0.6) is 0 Å². The highest BCUT2D eigenvalue weighted by Gasteiger charge is 2.48. The van der Waals surface area contributed by atoms with E-state index in [4.69, 9.17) is 15.5 Å². The smallest absolute Gasteiger partial charge is 0.129 e. The Kier molecular flexibility index (Phi) is 7.36. The number of halogens is 1. The van der Waals surface area contributed by atoms with Crippen LogP contribution < -0.4 is 5.73 Å². The molecule has 0 bridgehead atoms. The Hall–Kier alpha value is -1.07. The summed E-state index contributed by atoms with van der Waals surface area (Å²) in [5.41, 5.74) is 6.35. The van der Waals surface area contributed by atoms with Crippen molar-refractivity contribution in [3.8, 4) is 0 Å². The maximum Gasteiger partial charge on any atom is 0.129 e. The van der Waals surface area contributed by atoms with Gasteiger partial charge in [-0.2, -0.15) is 0 Å². The largest absolute Gasteiger partial charge is 0.399 e. The molecule has 2 unspecified atom stereocenters. The highest BCUT2D eigenvalue weighted by molar-refractivity contribution is 8.13. The third-order valence-corrected chi connectivity index (χ3v) is 4.70. The molecule has 3 nitrogen and oxygen atoms in total. The van der Waals surface area contributed by atoms with Crippen molar-refractivity contribution >= 4 is 22.5 Å². The molecule has 3 rings (SSSR count). The number of hydrogen-bond donors (Lipinski definition) is 1. The molecule has 1 fully saturated rings. The van der Waals surface area contributed by atoms with Crippen molar-refractivity contribution in [1.82, 2.24) is 0 Å². The third kappa shape index (κ3) is 3.63. The van der Waals surface area contributed by atoms with Gasteiger partial charge in [0.2, 0.25) is 0 Å². The molecule has 5 heteroatoms. The molecule has 1 aromatic rings. The summed E-state index contributed by atoms with van der Waals surface area (Å²) >= 11 is 1.71. The van der Waals surface area contributed by atoms with Gasteiger partial charge < -0.3 is 10.5 Å². The predicted octanol–water partition coefficient (Wildman–Crippen LogP) is 4.47. The number of nitrogens with two attached hydrogens (primary N) is 1. The standard InChI is InChI=1S/C13H15FN2OS.2C2H6/c1-8-16-13(7-17-5-9(13)6-18-8)11-4-10(15)2-3-12(11)14;2*1-2/h2-4,9H,5-7,15H2,1H3;2*1-2H3. The summed E-state index contributed by atoms with van der Waals surface area (Å²) in [6.07, 6.45) is 0. The maximum atomic E-state index is 14.1. The zero-order valence-electron chi connectivity index (χ0n) is 14.1. The molecule has 1 aromatic carbocycles. The summed E-state index contributed by atoms with van der Waals surface area (Å²) in [6.45, 7) is 11.0. The molecule has 124 valence electrons. The van der Waals surface area contributed by atoms with Gasteiger partial charge in [0.15, 0.2) is 0 Å². The van der Waals surface area contributed by atoms with E-state index in [2.05, 4.69) is 0 Å². The molecule has 2 aliphatic rings. The molecular weight excluding hydrogens is 299 g/mol. The molecule has 0 aliphatic carbocycles. The van der Waals surface area contributed by atoms with Gasteiger partial charge in [0, 0.05) is 22.9 Å². The van der Waals surface area contributed by atoms with Crippen LogP contribution >= 0.6 is 11.8 Å². The lowest BCUT2D eigenvalue weighted by Gasteiger charge is -2.34. The van der Waals surface area contributed by atoms with Crippen LogP contribution in [-0.4, -0.2) is 24.0 Å². The number of aliphatic imine (C=N–C) groups is 1. The summed E-state index contributed by atoms with van der Waals surface area (Å²) in [4.78, 5) is 4.71. The van der Waals surface area contributed by atoms with E-state index in [0.29, 0.717) is 24.5 Å². The number of anilines is 1. The number of thioether (sulfide) groups is 1. The first-order chi connectivity index (χ1) is 10.6. The average molecular weight is 326 g/mol. The van der Waals surface area contributed by atoms with Crippen molar-refractivity contribution < 1.29 is 9.13 Å². The van der Waals surface area contributed by atoms with Crippen LogP contribution in [-0.2, 0) is 10.3 Å². The van der Waals surface area contributed by atoms with Crippen molar-refractivity contribution in [2.24, 2.45) is 10.9 Å². The van der Waals surface area contributed by atoms with Crippen LogP contribution in [0, 0.1) is 11.7 Å². The lowest BCUT2D eigenvalue weighted by Crippen LogP contribution is -2.38. The third-order valence-electron chi connectivity index (χ3n) is 3.62. The van der Waals surface area contributed by atoms with Crippen LogP contribution in [0.2, 0.25) is 0 Å². The minimum Gasteiger partial charge on any atom is -0.399 e. The summed E-state index contributed by atoms with van der Waals surface area (Å²) in [6, 6.07) is 4.69. The first-order valence-corrected chi connectivity index (χ1v) is 8.93. The fourth-order valence-electron chi connectivity index (χ4n) is 2.69.